The predicted molar refractivity (Wildman–Crippen MR) is 92.7 cm³/mol. The number of phenolic OH excluding ortho intramolecular Hbond substituents is 1. The second-order valence-corrected chi connectivity index (χ2v) is 5.19. The van der Waals surface area contributed by atoms with Gasteiger partial charge in [-0.15, -0.1) is 0 Å². The lowest BCUT2D eigenvalue weighted by Crippen LogP contribution is -1.98. The van der Waals surface area contributed by atoms with E-state index in [9.17, 15) is 5.11 Å². The van der Waals surface area contributed by atoms with Crippen molar-refractivity contribution in [2.75, 3.05) is 12.8 Å². The molecule has 0 unspecified atom stereocenters. The van der Waals surface area contributed by atoms with Gasteiger partial charge >= 0.3 is 0 Å². The van der Waals surface area contributed by atoms with Gasteiger partial charge < -0.3 is 20.1 Å². The van der Waals surface area contributed by atoms with E-state index in [0.29, 0.717) is 5.69 Å². The Balaban J connectivity index is 2.09. The van der Waals surface area contributed by atoms with Crippen LogP contribution in [0.2, 0.25) is 0 Å². The smallest absolute Gasteiger partial charge is 0.118 e. The zero-order chi connectivity index (χ0) is 16.4. The van der Waals surface area contributed by atoms with Gasteiger partial charge in [0.2, 0.25) is 0 Å². The van der Waals surface area contributed by atoms with Crippen molar-refractivity contribution in [2.24, 2.45) is 0 Å². The first-order chi connectivity index (χ1) is 11.1. The average Bonchev–Trinajstić information content (AvgIpc) is 2.84. The molecule has 4 nitrogen and oxygen atoms in total. The minimum Gasteiger partial charge on any atom is -0.508 e. The van der Waals surface area contributed by atoms with Crippen LogP contribution in [0.3, 0.4) is 0 Å². The number of fused-ring (bicyclic) bond motifs is 1. The lowest BCUT2D eigenvalue weighted by Gasteiger charge is -2.03. The van der Waals surface area contributed by atoms with Gasteiger partial charge in [-0.05, 0) is 49.2 Å². The molecule has 0 radical (unpaired) electrons. The van der Waals surface area contributed by atoms with E-state index in [1.54, 1.807) is 19.2 Å². The van der Waals surface area contributed by atoms with Crippen molar-refractivity contribution in [2.45, 2.75) is 13.5 Å². The maximum atomic E-state index is 9.71. The van der Waals surface area contributed by atoms with Crippen molar-refractivity contribution in [1.82, 2.24) is 4.57 Å². The zero-order valence-corrected chi connectivity index (χ0v) is 13.1. The molecule has 23 heavy (non-hydrogen) atoms. The van der Waals surface area contributed by atoms with Gasteiger partial charge in [0.15, 0.2) is 0 Å². The number of rotatable bonds is 2. The summed E-state index contributed by atoms with van der Waals surface area (Å²) >= 11 is 0. The fourth-order valence-electron chi connectivity index (χ4n) is 2.63. The molecule has 116 valence electrons. The van der Waals surface area contributed by atoms with Gasteiger partial charge in [-0.1, -0.05) is 5.92 Å². The number of aryl methyl sites for hydroxylation is 1. The minimum absolute atomic E-state index is 0.222. The van der Waals surface area contributed by atoms with E-state index in [4.69, 9.17) is 10.5 Å². The first-order valence-corrected chi connectivity index (χ1v) is 7.40. The third kappa shape index (κ3) is 2.69. The molecule has 2 aromatic carbocycles. The number of aromatic nitrogens is 1. The Morgan fingerprint density at radius 3 is 2.52 bits per heavy atom. The van der Waals surface area contributed by atoms with Crippen LogP contribution in [0.15, 0.2) is 42.5 Å². The van der Waals surface area contributed by atoms with E-state index in [-0.39, 0.29) is 5.75 Å². The third-order valence-electron chi connectivity index (χ3n) is 3.82. The Bertz CT molecular complexity index is 912. The van der Waals surface area contributed by atoms with Crippen LogP contribution in [0.25, 0.3) is 10.9 Å². The molecule has 4 heteroatoms. The predicted octanol–water partition coefficient (Wildman–Crippen LogP) is 3.36. The second-order valence-electron chi connectivity index (χ2n) is 5.19. The number of nitrogen functional groups attached to an aromatic ring is 1. The molecule has 0 bridgehead atoms. The van der Waals surface area contributed by atoms with Crippen molar-refractivity contribution < 1.29 is 9.84 Å². The third-order valence-corrected chi connectivity index (χ3v) is 3.82. The van der Waals surface area contributed by atoms with Gasteiger partial charge in [-0.2, -0.15) is 0 Å². The molecule has 0 fully saturated rings. The van der Waals surface area contributed by atoms with E-state index in [1.807, 2.05) is 41.8 Å². The first-order valence-electron chi connectivity index (χ1n) is 7.40. The Morgan fingerprint density at radius 2 is 1.87 bits per heavy atom. The Kier molecular flexibility index (Phi) is 3.86. The molecule has 0 spiro atoms. The highest BCUT2D eigenvalue weighted by atomic mass is 16.5. The molecule has 0 aliphatic rings. The van der Waals surface area contributed by atoms with Crippen LogP contribution < -0.4 is 10.5 Å². The van der Waals surface area contributed by atoms with E-state index in [2.05, 4.69) is 11.8 Å². The molecule has 0 amide bonds. The quantitative estimate of drug-likeness (QED) is 0.714. The van der Waals surface area contributed by atoms with E-state index >= 15 is 0 Å². The van der Waals surface area contributed by atoms with Crippen LogP contribution in [0.5, 0.6) is 11.5 Å². The lowest BCUT2D eigenvalue weighted by molar-refractivity contribution is 0.415. The Hall–Kier alpha value is -3.06. The number of nitrogens with two attached hydrogens (primary N) is 1. The second kappa shape index (κ2) is 5.98. The summed E-state index contributed by atoms with van der Waals surface area (Å²) in [5, 5.41) is 10.6. The highest BCUT2D eigenvalue weighted by molar-refractivity contribution is 5.96. The number of phenols is 1. The maximum absolute atomic E-state index is 9.71. The van der Waals surface area contributed by atoms with Gasteiger partial charge in [-0.3, -0.25) is 0 Å². The highest BCUT2D eigenvalue weighted by Crippen LogP contribution is 2.30. The normalized spacial score (nSPS) is 10.3. The summed E-state index contributed by atoms with van der Waals surface area (Å²) in [6, 6.07) is 12.7. The summed E-state index contributed by atoms with van der Waals surface area (Å²) in [5.41, 5.74) is 9.44. The number of ether oxygens (including phenoxy) is 1. The number of benzene rings is 2. The van der Waals surface area contributed by atoms with Gasteiger partial charge in [0.1, 0.15) is 17.2 Å². The molecule has 1 heterocycles. The first kappa shape index (κ1) is 14.9. The lowest BCUT2D eigenvalue weighted by atomic mass is 10.2. The fourth-order valence-corrected chi connectivity index (χ4v) is 2.63. The van der Waals surface area contributed by atoms with Crippen LogP contribution in [0.1, 0.15) is 18.2 Å². The Morgan fingerprint density at radius 1 is 1.13 bits per heavy atom. The highest BCUT2D eigenvalue weighted by Gasteiger charge is 2.12. The van der Waals surface area contributed by atoms with Gasteiger partial charge in [0, 0.05) is 23.6 Å². The molecular weight excluding hydrogens is 288 g/mol. The number of nitrogens with zero attached hydrogens (tertiary/aromatic N) is 1. The standard InChI is InChI=1S/C19H18N2O2/c1-3-21-17(11-6-13-4-8-15(23-2)9-5-13)19(20)16-10-7-14(22)12-18(16)21/h4-5,7-10,12,22H,3,20H2,1-2H3. The van der Waals surface area contributed by atoms with Crippen molar-refractivity contribution in [3.05, 3.63) is 53.7 Å². The van der Waals surface area contributed by atoms with E-state index in [0.717, 1.165) is 34.5 Å². The van der Waals surface area contributed by atoms with Crippen LogP contribution in [-0.4, -0.2) is 16.8 Å². The Labute approximate surface area is 135 Å². The van der Waals surface area contributed by atoms with Crippen molar-refractivity contribution >= 4 is 16.6 Å². The molecule has 0 saturated heterocycles. The summed E-state index contributed by atoms with van der Waals surface area (Å²) in [5.74, 6) is 7.32. The molecule has 1 aromatic heterocycles. The van der Waals surface area contributed by atoms with Crippen LogP contribution >= 0.6 is 0 Å². The van der Waals surface area contributed by atoms with Crippen molar-refractivity contribution in [1.29, 1.82) is 0 Å². The van der Waals surface area contributed by atoms with Crippen molar-refractivity contribution in [3.8, 4) is 23.3 Å². The molecular formula is C19H18N2O2. The van der Waals surface area contributed by atoms with E-state index in [1.165, 1.54) is 0 Å². The van der Waals surface area contributed by atoms with Gasteiger partial charge in [0.25, 0.3) is 0 Å². The van der Waals surface area contributed by atoms with Gasteiger partial charge in [-0.25, -0.2) is 0 Å². The largest absolute Gasteiger partial charge is 0.508 e. The summed E-state index contributed by atoms with van der Waals surface area (Å²) in [4.78, 5) is 0. The molecule has 3 aromatic rings. The number of hydrogen-bond donors (Lipinski definition) is 2. The molecule has 0 atom stereocenters. The molecule has 3 N–H and O–H groups in total. The summed E-state index contributed by atoms with van der Waals surface area (Å²) < 4.78 is 7.16. The van der Waals surface area contributed by atoms with E-state index < -0.39 is 0 Å². The van der Waals surface area contributed by atoms with Crippen LogP contribution in [0.4, 0.5) is 5.69 Å². The molecule has 0 aliphatic carbocycles. The minimum atomic E-state index is 0.222. The number of aromatic hydroxyl groups is 1. The molecule has 0 saturated carbocycles. The average molecular weight is 306 g/mol. The van der Waals surface area contributed by atoms with Crippen molar-refractivity contribution in [3.63, 3.8) is 0 Å². The SMILES string of the molecule is CCn1c(C#Cc2ccc(OC)cc2)c(N)c2ccc(O)cc21. The van der Waals surface area contributed by atoms with Crippen LogP contribution in [0, 0.1) is 11.8 Å². The zero-order valence-electron chi connectivity index (χ0n) is 13.1. The number of anilines is 1. The monoisotopic (exact) mass is 306 g/mol. The fraction of sp³-hybridized carbons (Fsp3) is 0.158. The number of methoxy groups -OCH3 is 1. The number of hydrogen-bond acceptors (Lipinski definition) is 3. The summed E-state index contributed by atoms with van der Waals surface area (Å²) in [7, 11) is 1.64. The summed E-state index contributed by atoms with van der Waals surface area (Å²) in [6.45, 7) is 2.76. The van der Waals surface area contributed by atoms with Gasteiger partial charge in [0.05, 0.1) is 18.3 Å². The molecule has 3 rings (SSSR count). The topological polar surface area (TPSA) is 60.4 Å². The van der Waals surface area contributed by atoms with Crippen LogP contribution in [-0.2, 0) is 6.54 Å². The summed E-state index contributed by atoms with van der Waals surface area (Å²) in [6.07, 6.45) is 0. The molecule has 0 aliphatic heterocycles. The maximum Gasteiger partial charge on any atom is 0.118 e.